The monoisotopic (exact) mass is 180 g/mol. The largest absolute Gasteiger partial charge is 0.488 e. The molecule has 1 aromatic rings. The van der Waals surface area contributed by atoms with Crippen LogP contribution in [-0.4, -0.2) is 27.9 Å². The van der Waals surface area contributed by atoms with Gasteiger partial charge in [0.05, 0.1) is 0 Å². The maximum atomic E-state index is 10.9. The van der Waals surface area contributed by atoms with Crippen LogP contribution in [0.2, 0.25) is 0 Å². The first-order valence-electron chi connectivity index (χ1n) is 3.65. The number of anilines is 1. The lowest BCUT2D eigenvalue weighted by atomic mass is 9.80. The molecule has 4 N–H and O–H groups in total. The lowest BCUT2D eigenvalue weighted by Crippen LogP contribution is -2.31. The van der Waals surface area contributed by atoms with E-state index in [-0.39, 0.29) is 22.8 Å². The fourth-order valence-corrected chi connectivity index (χ4v) is 0.903. The predicted octanol–water partition coefficient (Wildman–Crippen LogP) is -1.45. The third-order valence-electron chi connectivity index (χ3n) is 1.53. The minimum absolute atomic E-state index is 0.0933. The Hall–Kier alpha value is -1.40. The van der Waals surface area contributed by atoms with Crippen molar-refractivity contribution in [2.75, 3.05) is 5.73 Å². The van der Waals surface area contributed by atoms with Gasteiger partial charge in [0, 0.05) is 6.92 Å². The number of hydrogen-bond donors (Lipinski definition) is 3. The van der Waals surface area contributed by atoms with Crippen LogP contribution >= 0.6 is 0 Å². The molecule has 0 unspecified atom stereocenters. The lowest BCUT2D eigenvalue weighted by Gasteiger charge is -2.02. The minimum Gasteiger partial charge on any atom is -0.423 e. The van der Waals surface area contributed by atoms with E-state index in [1.807, 2.05) is 0 Å². The standard InChI is InChI=1S/C7H9BN2O3/c1-4(11)6-2-5(8(12)13)3-7(9)10-6/h2-3,12-13H,1H3,(H2,9,10). The Bertz CT molecular complexity index is 341. The number of aromatic nitrogens is 1. The van der Waals surface area contributed by atoms with E-state index in [0.717, 1.165) is 0 Å². The van der Waals surface area contributed by atoms with Crippen LogP contribution in [-0.2, 0) is 0 Å². The molecule has 0 aliphatic rings. The fourth-order valence-electron chi connectivity index (χ4n) is 0.903. The van der Waals surface area contributed by atoms with Crippen LogP contribution < -0.4 is 11.2 Å². The molecule has 0 spiro atoms. The van der Waals surface area contributed by atoms with Crippen molar-refractivity contribution in [1.82, 2.24) is 4.98 Å². The van der Waals surface area contributed by atoms with Crippen LogP contribution in [0.4, 0.5) is 5.82 Å². The van der Waals surface area contributed by atoms with Crippen molar-refractivity contribution in [3.05, 3.63) is 17.8 Å². The zero-order valence-electron chi connectivity index (χ0n) is 7.06. The van der Waals surface area contributed by atoms with E-state index >= 15 is 0 Å². The number of nitrogen functional groups attached to an aromatic ring is 1. The first-order chi connectivity index (χ1) is 6.00. The quantitative estimate of drug-likeness (QED) is 0.382. The highest BCUT2D eigenvalue weighted by molar-refractivity contribution is 6.58. The number of nitrogens with zero attached hydrogens (tertiary/aromatic N) is 1. The second-order valence-corrected chi connectivity index (χ2v) is 2.64. The smallest absolute Gasteiger partial charge is 0.423 e. The third kappa shape index (κ3) is 2.27. The summed E-state index contributed by atoms with van der Waals surface area (Å²) in [5, 5.41) is 17.6. The molecule has 68 valence electrons. The van der Waals surface area contributed by atoms with Crippen molar-refractivity contribution in [3.8, 4) is 0 Å². The summed E-state index contributed by atoms with van der Waals surface area (Å²) in [7, 11) is -1.64. The van der Waals surface area contributed by atoms with Crippen molar-refractivity contribution in [2.24, 2.45) is 0 Å². The van der Waals surface area contributed by atoms with E-state index in [9.17, 15) is 4.79 Å². The number of carbonyl (C=O) groups excluding carboxylic acids is 1. The van der Waals surface area contributed by atoms with Gasteiger partial charge in [0.25, 0.3) is 0 Å². The van der Waals surface area contributed by atoms with Gasteiger partial charge in [-0.3, -0.25) is 4.79 Å². The normalized spacial score (nSPS) is 9.77. The Balaban J connectivity index is 3.19. The number of carbonyl (C=O) groups is 1. The number of Topliss-reactive ketones (excluding diaryl/α,β-unsaturated/α-hetero) is 1. The molecule has 6 heteroatoms. The molecule has 13 heavy (non-hydrogen) atoms. The van der Waals surface area contributed by atoms with Gasteiger partial charge >= 0.3 is 7.12 Å². The maximum Gasteiger partial charge on any atom is 0.488 e. The summed E-state index contributed by atoms with van der Waals surface area (Å²) in [6, 6.07) is 2.60. The van der Waals surface area contributed by atoms with E-state index in [2.05, 4.69) is 4.98 Å². The van der Waals surface area contributed by atoms with Crippen LogP contribution in [0.3, 0.4) is 0 Å². The number of nitrogens with two attached hydrogens (primary N) is 1. The summed E-state index contributed by atoms with van der Waals surface area (Å²) >= 11 is 0. The van der Waals surface area contributed by atoms with E-state index in [1.54, 1.807) is 0 Å². The van der Waals surface area contributed by atoms with Crippen LogP contribution in [0, 0.1) is 0 Å². The van der Waals surface area contributed by atoms with Crippen molar-refractivity contribution in [3.63, 3.8) is 0 Å². The van der Waals surface area contributed by atoms with Crippen LogP contribution in [0.25, 0.3) is 0 Å². The number of hydrogen-bond acceptors (Lipinski definition) is 5. The molecule has 0 aliphatic heterocycles. The topological polar surface area (TPSA) is 96.4 Å². The van der Waals surface area contributed by atoms with Gasteiger partial charge in [-0.15, -0.1) is 0 Å². The molecule has 0 saturated heterocycles. The Kier molecular flexibility index (Phi) is 2.65. The Morgan fingerprint density at radius 2 is 2.15 bits per heavy atom. The molecule has 0 aromatic carbocycles. The number of rotatable bonds is 2. The number of ketones is 1. The van der Waals surface area contributed by atoms with Gasteiger partial charge in [-0.05, 0) is 17.6 Å². The van der Waals surface area contributed by atoms with Gasteiger partial charge < -0.3 is 15.8 Å². The SMILES string of the molecule is CC(=O)c1cc(B(O)O)cc(N)n1. The lowest BCUT2D eigenvalue weighted by molar-refractivity contribution is 0.101. The summed E-state index contributed by atoms with van der Waals surface area (Å²) in [5.74, 6) is -0.176. The predicted molar refractivity (Wildman–Crippen MR) is 48.5 cm³/mol. The van der Waals surface area contributed by atoms with Crippen LogP contribution in [0.1, 0.15) is 17.4 Å². The van der Waals surface area contributed by atoms with Crippen molar-refractivity contribution >= 4 is 24.2 Å². The van der Waals surface area contributed by atoms with Gasteiger partial charge in [-0.2, -0.15) is 0 Å². The molecule has 1 rings (SSSR count). The Labute approximate surface area is 75.4 Å². The van der Waals surface area contributed by atoms with Crippen molar-refractivity contribution in [1.29, 1.82) is 0 Å². The highest BCUT2D eigenvalue weighted by atomic mass is 16.4. The first-order valence-corrected chi connectivity index (χ1v) is 3.65. The van der Waals surface area contributed by atoms with E-state index in [4.69, 9.17) is 15.8 Å². The summed E-state index contributed by atoms with van der Waals surface area (Å²) in [6.07, 6.45) is 0. The summed E-state index contributed by atoms with van der Waals surface area (Å²) in [4.78, 5) is 14.6. The average Bonchev–Trinajstić information content (AvgIpc) is 2.03. The molecule has 0 atom stereocenters. The molecule has 0 aliphatic carbocycles. The molecule has 5 nitrogen and oxygen atoms in total. The second-order valence-electron chi connectivity index (χ2n) is 2.64. The molecule has 1 heterocycles. The van der Waals surface area contributed by atoms with Crippen molar-refractivity contribution in [2.45, 2.75) is 6.92 Å². The second kappa shape index (κ2) is 3.55. The molecule has 0 amide bonds. The van der Waals surface area contributed by atoms with E-state index in [0.29, 0.717) is 0 Å². The molecular weight excluding hydrogens is 171 g/mol. The van der Waals surface area contributed by atoms with E-state index < -0.39 is 7.12 Å². The molecule has 0 fully saturated rings. The zero-order chi connectivity index (χ0) is 10.0. The molecule has 1 aromatic heterocycles. The minimum atomic E-state index is -1.64. The van der Waals surface area contributed by atoms with Crippen LogP contribution in [0.15, 0.2) is 12.1 Å². The summed E-state index contributed by atoms with van der Waals surface area (Å²) < 4.78 is 0. The zero-order valence-corrected chi connectivity index (χ0v) is 7.06. The third-order valence-corrected chi connectivity index (χ3v) is 1.53. The molecule has 0 radical (unpaired) electrons. The van der Waals surface area contributed by atoms with Gasteiger partial charge in [-0.1, -0.05) is 0 Å². The highest BCUT2D eigenvalue weighted by Crippen LogP contribution is 1.99. The average molecular weight is 180 g/mol. The van der Waals surface area contributed by atoms with Gasteiger partial charge in [0.15, 0.2) is 5.78 Å². The van der Waals surface area contributed by atoms with Gasteiger partial charge in [0.2, 0.25) is 0 Å². The van der Waals surface area contributed by atoms with E-state index in [1.165, 1.54) is 19.1 Å². The fraction of sp³-hybridized carbons (Fsp3) is 0.143. The molecular formula is C7H9BN2O3. The number of pyridine rings is 1. The van der Waals surface area contributed by atoms with Gasteiger partial charge in [-0.25, -0.2) is 4.98 Å². The highest BCUT2D eigenvalue weighted by Gasteiger charge is 2.14. The maximum absolute atomic E-state index is 10.9. The Morgan fingerprint density at radius 1 is 1.54 bits per heavy atom. The molecule has 0 bridgehead atoms. The molecule has 0 saturated carbocycles. The van der Waals surface area contributed by atoms with Gasteiger partial charge in [0.1, 0.15) is 11.5 Å². The Morgan fingerprint density at radius 3 is 2.62 bits per heavy atom. The first kappa shape index (κ1) is 9.69. The van der Waals surface area contributed by atoms with Crippen LogP contribution in [0.5, 0.6) is 0 Å². The van der Waals surface area contributed by atoms with Crippen molar-refractivity contribution < 1.29 is 14.8 Å². The summed E-state index contributed by atoms with van der Waals surface area (Å²) in [6.45, 7) is 1.33. The summed E-state index contributed by atoms with van der Waals surface area (Å²) in [5.41, 5.74) is 5.64.